The number of carbonyl (C=O) groups excluding carboxylic acids is 4. The lowest BCUT2D eigenvalue weighted by molar-refractivity contribution is -0.137. The number of fused-ring (bicyclic) bond motifs is 5. The van der Waals surface area contributed by atoms with E-state index in [2.05, 4.69) is 16.0 Å². The van der Waals surface area contributed by atoms with Crippen LogP contribution in [0.4, 0.5) is 4.39 Å². The highest BCUT2D eigenvalue weighted by Gasteiger charge is 2.33. The molecular weight excluding hydrogens is 595 g/mol. The molecule has 5 rings (SSSR count). The topological polar surface area (TPSA) is 135 Å². The lowest BCUT2D eigenvalue weighted by atomic mass is 10.0. The Morgan fingerprint density at radius 2 is 1.89 bits per heavy atom. The molecule has 0 saturated carbocycles. The van der Waals surface area contributed by atoms with E-state index in [0.717, 1.165) is 5.56 Å². The molecule has 0 radical (unpaired) electrons. The molecule has 2 aliphatic heterocycles. The van der Waals surface area contributed by atoms with Crippen molar-refractivity contribution in [2.75, 3.05) is 33.3 Å². The summed E-state index contributed by atoms with van der Waals surface area (Å²) in [5, 5.41) is 8.56. The fourth-order valence-corrected chi connectivity index (χ4v) is 5.39. The number of likely N-dealkylation sites (tertiary alicyclic amines) is 1. The fourth-order valence-electron chi connectivity index (χ4n) is 5.39. The van der Waals surface area contributed by atoms with Gasteiger partial charge in [-0.15, -0.1) is 0 Å². The summed E-state index contributed by atoms with van der Waals surface area (Å²) in [6, 6.07) is 17.0. The van der Waals surface area contributed by atoms with Crippen LogP contribution in [-0.4, -0.2) is 74.0 Å². The molecule has 0 spiro atoms. The predicted octanol–water partition coefficient (Wildman–Crippen LogP) is 3.57. The van der Waals surface area contributed by atoms with Crippen LogP contribution in [0.1, 0.15) is 52.0 Å². The van der Waals surface area contributed by atoms with E-state index < -0.39 is 17.8 Å². The van der Waals surface area contributed by atoms with E-state index in [4.69, 9.17) is 14.2 Å². The maximum Gasteiger partial charge on any atom is 0.251 e. The summed E-state index contributed by atoms with van der Waals surface area (Å²) < 4.78 is 30.9. The van der Waals surface area contributed by atoms with E-state index in [0.29, 0.717) is 47.8 Å². The van der Waals surface area contributed by atoms with Crippen molar-refractivity contribution in [2.24, 2.45) is 0 Å². The molecule has 4 bridgehead atoms. The first-order valence-electron chi connectivity index (χ1n) is 15.2. The van der Waals surface area contributed by atoms with Gasteiger partial charge in [0.15, 0.2) is 0 Å². The number of piperidine rings is 1. The monoisotopic (exact) mass is 632 g/mol. The molecule has 3 aromatic rings. The predicted molar refractivity (Wildman–Crippen MR) is 166 cm³/mol. The van der Waals surface area contributed by atoms with Gasteiger partial charge in [-0.05, 0) is 66.9 Å². The lowest BCUT2D eigenvalue weighted by Crippen LogP contribution is -2.57. The number of ether oxygens (including phenoxy) is 3. The minimum Gasteiger partial charge on any atom is -0.497 e. The summed E-state index contributed by atoms with van der Waals surface area (Å²) in [6.45, 7) is 1.32. The standard InChI is InChI=1S/C34H37FN4O7/c1-44-27-17-24-18-28(19-27)46-26-5-2-4-22(16-26)21-45-30-12-15-39(20-29(30)38-31(40)6-3-13-36-34(24)43)32(41)11-14-37-33(42)23-7-9-25(35)10-8-23/h2,4-5,7-10,16-19,29-30H,3,6,11-15,20-21H2,1H3,(H,36,43)(H,37,42)(H,38,40)/t29-,30-/m0/s1. The number of amides is 4. The molecule has 3 aromatic carbocycles. The Balaban J connectivity index is 1.24. The zero-order valence-electron chi connectivity index (χ0n) is 25.6. The number of nitrogens with one attached hydrogen (secondary N) is 3. The Bertz CT molecular complexity index is 1570. The second-order valence-electron chi connectivity index (χ2n) is 11.2. The summed E-state index contributed by atoms with van der Waals surface area (Å²) in [5.41, 5.74) is 1.52. The third kappa shape index (κ3) is 8.81. The SMILES string of the molecule is COc1cc2cc(c1)C(=O)NCCCC(=O)N[C@H]1CN(C(=O)CCNC(=O)c3ccc(F)cc3)CC[C@@H]1OCc1cccc(c1)O2. The first kappa shape index (κ1) is 32.4. The minimum atomic E-state index is -0.459. The highest BCUT2D eigenvalue weighted by molar-refractivity contribution is 5.95. The van der Waals surface area contributed by atoms with Crippen molar-refractivity contribution in [2.45, 2.75) is 44.4 Å². The van der Waals surface area contributed by atoms with Crippen LogP contribution < -0.4 is 25.4 Å². The maximum atomic E-state index is 13.2. The van der Waals surface area contributed by atoms with Crippen LogP contribution in [0.25, 0.3) is 0 Å². The summed E-state index contributed by atoms with van der Waals surface area (Å²) in [6.07, 6.45) is 0.790. The van der Waals surface area contributed by atoms with E-state index in [-0.39, 0.29) is 62.9 Å². The number of benzene rings is 3. The Kier molecular flexibility index (Phi) is 10.8. The van der Waals surface area contributed by atoms with E-state index in [1.165, 1.54) is 31.4 Å². The second-order valence-corrected chi connectivity index (χ2v) is 11.2. The van der Waals surface area contributed by atoms with Gasteiger partial charge < -0.3 is 35.1 Å². The van der Waals surface area contributed by atoms with Crippen LogP contribution >= 0.6 is 0 Å². The Morgan fingerprint density at radius 3 is 2.70 bits per heavy atom. The number of rotatable bonds is 5. The van der Waals surface area contributed by atoms with Crippen LogP contribution in [0, 0.1) is 5.82 Å². The Labute approximate surface area is 266 Å². The van der Waals surface area contributed by atoms with Gasteiger partial charge in [-0.1, -0.05) is 12.1 Å². The molecule has 0 unspecified atom stereocenters. The molecule has 11 nitrogen and oxygen atoms in total. The highest BCUT2D eigenvalue weighted by Crippen LogP contribution is 2.28. The van der Waals surface area contributed by atoms with Crippen molar-refractivity contribution >= 4 is 23.6 Å². The summed E-state index contributed by atoms with van der Waals surface area (Å²) in [5.74, 6) is -0.0625. The van der Waals surface area contributed by atoms with Gasteiger partial charge in [-0.2, -0.15) is 0 Å². The maximum absolute atomic E-state index is 13.2. The van der Waals surface area contributed by atoms with Gasteiger partial charge in [0, 0.05) is 56.2 Å². The molecule has 1 saturated heterocycles. The van der Waals surface area contributed by atoms with E-state index in [1.807, 2.05) is 18.2 Å². The van der Waals surface area contributed by atoms with Crippen LogP contribution in [0.2, 0.25) is 0 Å². The molecule has 0 aliphatic carbocycles. The lowest BCUT2D eigenvalue weighted by Gasteiger charge is -2.39. The zero-order chi connectivity index (χ0) is 32.5. The molecule has 4 amide bonds. The van der Waals surface area contributed by atoms with Gasteiger partial charge in [0.25, 0.3) is 11.8 Å². The van der Waals surface area contributed by atoms with E-state index >= 15 is 0 Å². The summed E-state index contributed by atoms with van der Waals surface area (Å²) in [7, 11) is 1.51. The first-order chi connectivity index (χ1) is 22.3. The normalized spacial score (nSPS) is 18.9. The molecule has 2 heterocycles. The molecule has 2 atom stereocenters. The summed E-state index contributed by atoms with van der Waals surface area (Å²) >= 11 is 0. The van der Waals surface area contributed by atoms with Crippen molar-refractivity contribution in [3.63, 3.8) is 0 Å². The van der Waals surface area contributed by atoms with Crippen LogP contribution in [0.5, 0.6) is 17.2 Å². The van der Waals surface area contributed by atoms with Crippen molar-refractivity contribution < 1.29 is 37.8 Å². The molecule has 46 heavy (non-hydrogen) atoms. The zero-order valence-corrected chi connectivity index (χ0v) is 25.6. The molecule has 2 aliphatic rings. The largest absolute Gasteiger partial charge is 0.497 e. The molecule has 3 N–H and O–H groups in total. The highest BCUT2D eigenvalue weighted by atomic mass is 19.1. The third-order valence-electron chi connectivity index (χ3n) is 7.82. The smallest absolute Gasteiger partial charge is 0.251 e. The average Bonchev–Trinajstić information content (AvgIpc) is 3.05. The minimum absolute atomic E-state index is 0.0690. The number of methoxy groups -OCH3 is 1. The number of carbonyl (C=O) groups is 4. The number of nitrogens with zero attached hydrogens (tertiary/aromatic N) is 1. The fraction of sp³-hybridized carbons (Fsp3) is 0.353. The van der Waals surface area contributed by atoms with Crippen LogP contribution in [0.15, 0.2) is 66.7 Å². The second kappa shape index (κ2) is 15.3. The molecular formula is C34H37FN4O7. The van der Waals surface area contributed by atoms with E-state index in [9.17, 15) is 23.6 Å². The van der Waals surface area contributed by atoms with Gasteiger partial charge in [0.1, 0.15) is 23.1 Å². The average molecular weight is 633 g/mol. The van der Waals surface area contributed by atoms with Crippen molar-refractivity contribution in [1.82, 2.24) is 20.9 Å². The van der Waals surface area contributed by atoms with Crippen molar-refractivity contribution in [1.29, 1.82) is 0 Å². The molecule has 242 valence electrons. The Morgan fingerprint density at radius 1 is 1.07 bits per heavy atom. The first-order valence-corrected chi connectivity index (χ1v) is 15.2. The molecule has 12 heteroatoms. The number of halogens is 1. The Hall–Kier alpha value is -4.97. The molecule has 0 aromatic heterocycles. The van der Waals surface area contributed by atoms with Gasteiger partial charge >= 0.3 is 0 Å². The quantitative estimate of drug-likeness (QED) is 0.392. The van der Waals surface area contributed by atoms with Gasteiger partial charge in [-0.3, -0.25) is 19.2 Å². The van der Waals surface area contributed by atoms with Crippen LogP contribution in [-0.2, 0) is 20.9 Å². The number of hydrogen-bond acceptors (Lipinski definition) is 7. The summed E-state index contributed by atoms with van der Waals surface area (Å²) in [4.78, 5) is 52.9. The van der Waals surface area contributed by atoms with Crippen molar-refractivity contribution in [3.05, 3.63) is 89.2 Å². The van der Waals surface area contributed by atoms with Gasteiger partial charge in [0.05, 0.1) is 25.9 Å². The third-order valence-corrected chi connectivity index (χ3v) is 7.82. The van der Waals surface area contributed by atoms with E-state index in [1.54, 1.807) is 29.2 Å². The van der Waals surface area contributed by atoms with Crippen LogP contribution in [0.3, 0.4) is 0 Å². The van der Waals surface area contributed by atoms with Crippen molar-refractivity contribution in [3.8, 4) is 17.2 Å². The molecule has 1 fully saturated rings. The number of hydrogen-bond donors (Lipinski definition) is 3. The van der Waals surface area contributed by atoms with Gasteiger partial charge in [0.2, 0.25) is 11.8 Å². The van der Waals surface area contributed by atoms with Gasteiger partial charge in [-0.25, -0.2) is 4.39 Å².